The highest BCUT2D eigenvalue weighted by Gasteiger charge is 2.22. The molecule has 2 aromatic carbocycles. The minimum Gasteiger partial charge on any atom is -0.460 e. The predicted octanol–water partition coefficient (Wildman–Crippen LogP) is 3.77. The van der Waals surface area contributed by atoms with Crippen LogP contribution < -0.4 is 0 Å². The first-order valence-electron chi connectivity index (χ1n) is 12.1. The Morgan fingerprint density at radius 1 is 0.816 bits per heavy atom. The molecule has 2 unspecified atom stereocenters. The van der Waals surface area contributed by atoms with Gasteiger partial charge in [-0.1, -0.05) is 61.2 Å². The van der Waals surface area contributed by atoms with Crippen molar-refractivity contribution in [1.82, 2.24) is 0 Å². The van der Waals surface area contributed by atoms with Crippen LogP contribution in [0.1, 0.15) is 33.2 Å². The largest absolute Gasteiger partial charge is 0.460 e. The summed E-state index contributed by atoms with van der Waals surface area (Å²) in [6, 6.07) is 15.2. The Kier molecular flexibility index (Phi) is 14.3. The van der Waals surface area contributed by atoms with Crippen molar-refractivity contribution in [2.24, 2.45) is 0 Å². The van der Waals surface area contributed by atoms with Crippen LogP contribution in [0, 0.1) is 0 Å². The smallest absolute Gasteiger partial charge is 0.338 e. The fourth-order valence-corrected chi connectivity index (χ4v) is 3.21. The first kappa shape index (κ1) is 30.6. The third-order valence-corrected chi connectivity index (χ3v) is 4.97. The van der Waals surface area contributed by atoms with Gasteiger partial charge in [-0.05, 0) is 13.0 Å². The van der Waals surface area contributed by atoms with Gasteiger partial charge in [-0.3, -0.25) is 4.79 Å². The summed E-state index contributed by atoms with van der Waals surface area (Å²) in [4.78, 5) is 36.8. The highest BCUT2D eigenvalue weighted by molar-refractivity contribution is 6.14. The van der Waals surface area contributed by atoms with Gasteiger partial charge < -0.3 is 28.4 Å². The van der Waals surface area contributed by atoms with Gasteiger partial charge >= 0.3 is 11.9 Å². The number of benzene rings is 2. The molecule has 2 rings (SSSR count). The van der Waals surface area contributed by atoms with E-state index in [2.05, 4.69) is 13.2 Å². The number of ketones is 1. The van der Waals surface area contributed by atoms with Crippen LogP contribution >= 0.6 is 0 Å². The molecular weight excluding hydrogens is 492 g/mol. The van der Waals surface area contributed by atoms with E-state index in [0.29, 0.717) is 12.2 Å². The molecule has 0 spiro atoms. The second kappa shape index (κ2) is 17.8. The SMILES string of the molecule is C=CCOCC(COC(=O)c1ccccc1C(=O)c1ccccc1)OC(C)OCCOCCOC(=O)C=C. The second-order valence-corrected chi connectivity index (χ2v) is 7.85. The maximum Gasteiger partial charge on any atom is 0.338 e. The topological polar surface area (TPSA) is 107 Å². The molecular formula is C29H34O9. The van der Waals surface area contributed by atoms with Crippen LogP contribution in [0.25, 0.3) is 0 Å². The Morgan fingerprint density at radius 3 is 2.21 bits per heavy atom. The van der Waals surface area contributed by atoms with E-state index in [9.17, 15) is 14.4 Å². The lowest BCUT2D eigenvalue weighted by Crippen LogP contribution is -2.32. The Labute approximate surface area is 222 Å². The minimum absolute atomic E-state index is 0.116. The Bertz CT molecular complexity index is 1040. The molecule has 0 N–H and O–H groups in total. The first-order chi connectivity index (χ1) is 18.5. The zero-order valence-corrected chi connectivity index (χ0v) is 21.5. The molecule has 0 amide bonds. The fourth-order valence-electron chi connectivity index (χ4n) is 3.21. The number of hydrogen-bond acceptors (Lipinski definition) is 9. The van der Waals surface area contributed by atoms with E-state index in [-0.39, 0.29) is 56.6 Å². The average Bonchev–Trinajstić information content (AvgIpc) is 2.95. The summed E-state index contributed by atoms with van der Waals surface area (Å²) in [5.41, 5.74) is 0.881. The van der Waals surface area contributed by atoms with Crippen molar-refractivity contribution in [2.45, 2.75) is 19.3 Å². The molecule has 2 aromatic rings. The highest BCUT2D eigenvalue weighted by atomic mass is 16.7. The van der Waals surface area contributed by atoms with E-state index in [1.165, 1.54) is 0 Å². The van der Waals surface area contributed by atoms with Crippen molar-refractivity contribution in [3.63, 3.8) is 0 Å². The molecule has 9 nitrogen and oxygen atoms in total. The summed E-state index contributed by atoms with van der Waals surface area (Å²) >= 11 is 0. The van der Waals surface area contributed by atoms with E-state index < -0.39 is 24.3 Å². The first-order valence-corrected chi connectivity index (χ1v) is 12.1. The molecule has 0 fully saturated rings. The zero-order chi connectivity index (χ0) is 27.6. The molecule has 0 heterocycles. The third-order valence-electron chi connectivity index (χ3n) is 4.97. The van der Waals surface area contributed by atoms with Crippen molar-refractivity contribution >= 4 is 17.7 Å². The van der Waals surface area contributed by atoms with Crippen molar-refractivity contribution in [1.29, 1.82) is 0 Å². The molecule has 0 radical (unpaired) electrons. The molecule has 0 aliphatic rings. The molecule has 2 atom stereocenters. The normalized spacial score (nSPS) is 12.2. The summed E-state index contributed by atoms with van der Waals surface area (Å²) < 4.78 is 32.6. The lowest BCUT2D eigenvalue weighted by atomic mass is 9.98. The lowest BCUT2D eigenvalue weighted by Gasteiger charge is -2.22. The monoisotopic (exact) mass is 526 g/mol. The van der Waals surface area contributed by atoms with Crippen molar-refractivity contribution in [3.05, 3.63) is 96.6 Å². The van der Waals surface area contributed by atoms with Crippen LogP contribution in [0.2, 0.25) is 0 Å². The summed E-state index contributed by atoms with van der Waals surface area (Å²) in [5, 5.41) is 0. The highest BCUT2D eigenvalue weighted by Crippen LogP contribution is 2.16. The molecule has 9 heteroatoms. The Balaban J connectivity index is 1.87. The summed E-state index contributed by atoms with van der Waals surface area (Å²) in [6.07, 6.45) is 1.39. The maximum absolute atomic E-state index is 12.9. The van der Waals surface area contributed by atoms with Crippen molar-refractivity contribution < 1.29 is 42.8 Å². The van der Waals surface area contributed by atoms with Crippen LogP contribution in [-0.4, -0.2) is 76.4 Å². The average molecular weight is 527 g/mol. The quantitative estimate of drug-likeness (QED) is 0.0675. The molecule has 0 aliphatic carbocycles. The van der Waals surface area contributed by atoms with Crippen LogP contribution in [0.5, 0.6) is 0 Å². The zero-order valence-electron chi connectivity index (χ0n) is 21.5. The van der Waals surface area contributed by atoms with E-state index in [4.69, 9.17) is 28.4 Å². The predicted molar refractivity (Wildman–Crippen MR) is 140 cm³/mol. The van der Waals surface area contributed by atoms with Gasteiger partial charge in [0.25, 0.3) is 0 Å². The Morgan fingerprint density at radius 2 is 1.50 bits per heavy atom. The number of esters is 2. The van der Waals surface area contributed by atoms with Crippen molar-refractivity contribution in [3.8, 4) is 0 Å². The van der Waals surface area contributed by atoms with Crippen LogP contribution in [0.15, 0.2) is 79.9 Å². The summed E-state index contributed by atoms with van der Waals surface area (Å²) in [5.74, 6) is -1.44. The number of rotatable bonds is 19. The van der Waals surface area contributed by atoms with Gasteiger partial charge in [-0.25, -0.2) is 9.59 Å². The number of carbonyl (C=O) groups excluding carboxylic acids is 3. The standard InChI is InChI=1S/C29H34O9/c1-4-15-34-20-24(38-22(3)35-18-16-33-17-19-36-27(30)5-2)21-37-29(32)26-14-10-9-13-25(26)28(31)23-11-7-6-8-12-23/h4-14,22,24H,1-2,15-21H2,3H3. The molecule has 0 saturated carbocycles. The summed E-state index contributed by atoms with van der Waals surface area (Å²) in [6.45, 7) is 9.75. The van der Waals surface area contributed by atoms with Gasteiger partial charge in [0, 0.05) is 17.2 Å². The van der Waals surface area contributed by atoms with Gasteiger partial charge in [0.2, 0.25) is 0 Å². The molecule has 38 heavy (non-hydrogen) atoms. The van der Waals surface area contributed by atoms with Crippen LogP contribution in [-0.2, 0) is 33.2 Å². The second-order valence-electron chi connectivity index (χ2n) is 7.85. The summed E-state index contributed by atoms with van der Waals surface area (Å²) in [7, 11) is 0. The number of hydrogen-bond donors (Lipinski definition) is 0. The fraction of sp³-hybridized carbons (Fsp3) is 0.345. The van der Waals surface area contributed by atoms with Crippen LogP contribution in [0.3, 0.4) is 0 Å². The molecule has 0 saturated heterocycles. The molecule has 204 valence electrons. The van der Waals surface area contributed by atoms with Gasteiger partial charge in [0.05, 0.1) is 38.6 Å². The molecule has 0 bridgehead atoms. The Hall–Kier alpha value is -3.63. The van der Waals surface area contributed by atoms with E-state index in [1.807, 2.05) is 6.07 Å². The number of ether oxygens (including phenoxy) is 6. The minimum atomic E-state index is -0.653. The van der Waals surface area contributed by atoms with Gasteiger partial charge in [-0.15, -0.1) is 6.58 Å². The molecule has 0 aliphatic heterocycles. The maximum atomic E-state index is 12.9. The van der Waals surface area contributed by atoms with Gasteiger partial charge in [0.1, 0.15) is 19.3 Å². The van der Waals surface area contributed by atoms with Gasteiger partial charge in [0.15, 0.2) is 12.1 Å². The van der Waals surface area contributed by atoms with Crippen molar-refractivity contribution in [2.75, 3.05) is 46.2 Å². The molecule has 0 aromatic heterocycles. The third kappa shape index (κ3) is 11.2. The lowest BCUT2D eigenvalue weighted by molar-refractivity contribution is -0.185. The van der Waals surface area contributed by atoms with E-state index in [0.717, 1.165) is 6.08 Å². The number of carbonyl (C=O) groups is 3. The van der Waals surface area contributed by atoms with E-state index in [1.54, 1.807) is 61.5 Å². The van der Waals surface area contributed by atoms with Gasteiger partial charge in [-0.2, -0.15) is 0 Å². The van der Waals surface area contributed by atoms with Crippen LogP contribution in [0.4, 0.5) is 0 Å². The van der Waals surface area contributed by atoms with E-state index >= 15 is 0 Å².